The maximum absolute atomic E-state index is 13.1. The average Bonchev–Trinajstić information content (AvgIpc) is 3.12. The molecule has 282 valence electrons. The van der Waals surface area contributed by atoms with Crippen molar-refractivity contribution in [3.8, 4) is 28.1 Å². The fraction of sp³-hybridized carbons (Fsp3) is 0.581. The van der Waals surface area contributed by atoms with Gasteiger partial charge in [0.05, 0.1) is 6.61 Å². The fourth-order valence-corrected chi connectivity index (χ4v) is 6.48. The maximum Gasteiger partial charge on any atom is 0.414 e. The summed E-state index contributed by atoms with van der Waals surface area (Å²) >= 11 is 0. The van der Waals surface area contributed by atoms with E-state index < -0.39 is 18.2 Å². The van der Waals surface area contributed by atoms with E-state index in [1.165, 1.54) is 77.0 Å². The molecule has 0 saturated carbocycles. The van der Waals surface area contributed by atoms with Crippen LogP contribution in [-0.2, 0) is 9.53 Å². The number of aliphatic carboxylic acids is 1. The molecule has 2 unspecified atom stereocenters. The molecule has 0 bridgehead atoms. The van der Waals surface area contributed by atoms with Gasteiger partial charge in [-0.2, -0.15) is 13.2 Å². The van der Waals surface area contributed by atoms with Crippen LogP contribution in [0.25, 0.3) is 22.3 Å². The highest BCUT2D eigenvalue weighted by Crippen LogP contribution is 2.37. The SMILES string of the molecule is CCCCCCCCCCCCCCCCOc1ccc(-c2cc(C(CCCC(=O)O)CCOC(C)C(F)(F)F)ccc2-c2ccccc2)cn1. The van der Waals surface area contributed by atoms with Crippen molar-refractivity contribution >= 4 is 5.97 Å². The van der Waals surface area contributed by atoms with Gasteiger partial charge in [0.25, 0.3) is 0 Å². The van der Waals surface area contributed by atoms with Crippen LogP contribution < -0.4 is 4.74 Å². The van der Waals surface area contributed by atoms with Gasteiger partial charge < -0.3 is 14.6 Å². The summed E-state index contributed by atoms with van der Waals surface area (Å²) in [5.41, 5.74) is 4.80. The van der Waals surface area contributed by atoms with Gasteiger partial charge in [-0.15, -0.1) is 0 Å². The maximum atomic E-state index is 13.1. The zero-order chi connectivity index (χ0) is 36.7. The monoisotopic (exact) mass is 711 g/mol. The van der Waals surface area contributed by atoms with E-state index in [9.17, 15) is 23.1 Å². The first-order valence-electron chi connectivity index (χ1n) is 19.4. The number of benzene rings is 2. The molecule has 0 spiro atoms. The first-order valence-corrected chi connectivity index (χ1v) is 19.4. The van der Waals surface area contributed by atoms with Crippen LogP contribution in [0.2, 0.25) is 0 Å². The Morgan fingerprint density at radius 2 is 1.35 bits per heavy atom. The number of pyridine rings is 1. The highest BCUT2D eigenvalue weighted by molar-refractivity contribution is 5.83. The van der Waals surface area contributed by atoms with Crippen LogP contribution in [0.5, 0.6) is 5.88 Å². The zero-order valence-electron chi connectivity index (χ0n) is 30.9. The molecule has 3 aromatic rings. The van der Waals surface area contributed by atoms with E-state index in [1.54, 1.807) is 6.20 Å². The van der Waals surface area contributed by atoms with Gasteiger partial charge in [-0.1, -0.05) is 139 Å². The number of carboxylic acids is 1. The lowest BCUT2D eigenvalue weighted by molar-refractivity contribution is -0.214. The molecule has 0 amide bonds. The molecule has 2 atom stereocenters. The molecule has 0 radical (unpaired) electrons. The summed E-state index contributed by atoms with van der Waals surface area (Å²) in [5.74, 6) is -0.490. The molecule has 0 fully saturated rings. The number of hydrogen-bond donors (Lipinski definition) is 1. The number of carboxylic acid groups (broad SMARTS) is 1. The van der Waals surface area contributed by atoms with Gasteiger partial charge in [0.15, 0.2) is 6.10 Å². The Kier molecular flexibility index (Phi) is 19.7. The number of ether oxygens (including phenoxy) is 2. The molecule has 1 N–H and O–H groups in total. The topological polar surface area (TPSA) is 68.7 Å². The number of nitrogens with zero attached hydrogens (tertiary/aromatic N) is 1. The lowest BCUT2D eigenvalue weighted by atomic mass is 9.86. The first-order chi connectivity index (χ1) is 24.7. The highest BCUT2D eigenvalue weighted by atomic mass is 19.4. The Balaban J connectivity index is 1.56. The second kappa shape index (κ2) is 24.0. The van der Waals surface area contributed by atoms with E-state index in [4.69, 9.17) is 9.47 Å². The van der Waals surface area contributed by atoms with Crippen LogP contribution in [0.3, 0.4) is 0 Å². The summed E-state index contributed by atoms with van der Waals surface area (Å²) < 4.78 is 50.3. The fourth-order valence-electron chi connectivity index (χ4n) is 6.48. The summed E-state index contributed by atoms with van der Waals surface area (Å²) in [6.45, 7) is 3.82. The number of rotatable bonds is 27. The van der Waals surface area contributed by atoms with Crippen molar-refractivity contribution in [2.75, 3.05) is 13.2 Å². The summed E-state index contributed by atoms with van der Waals surface area (Å²) in [6, 6.07) is 20.0. The highest BCUT2D eigenvalue weighted by Gasteiger charge is 2.36. The average molecular weight is 712 g/mol. The molecule has 0 saturated heterocycles. The van der Waals surface area contributed by atoms with Gasteiger partial charge in [0.1, 0.15) is 0 Å². The third kappa shape index (κ3) is 16.7. The molecular formula is C43H60F3NO4. The van der Waals surface area contributed by atoms with Crippen LogP contribution in [0.15, 0.2) is 66.9 Å². The normalized spacial score (nSPS) is 12.9. The van der Waals surface area contributed by atoms with Crippen molar-refractivity contribution in [2.24, 2.45) is 0 Å². The second-order valence-corrected chi connectivity index (χ2v) is 13.8. The van der Waals surface area contributed by atoms with E-state index in [0.717, 1.165) is 47.6 Å². The lowest BCUT2D eigenvalue weighted by Crippen LogP contribution is -2.29. The molecule has 0 aliphatic rings. The van der Waals surface area contributed by atoms with E-state index in [1.807, 2.05) is 54.6 Å². The minimum atomic E-state index is -4.43. The van der Waals surface area contributed by atoms with E-state index in [-0.39, 0.29) is 18.9 Å². The van der Waals surface area contributed by atoms with Crippen molar-refractivity contribution in [2.45, 2.75) is 148 Å². The van der Waals surface area contributed by atoms with Crippen molar-refractivity contribution in [1.29, 1.82) is 0 Å². The van der Waals surface area contributed by atoms with Crippen LogP contribution in [0, 0.1) is 0 Å². The van der Waals surface area contributed by atoms with Crippen molar-refractivity contribution in [3.63, 3.8) is 0 Å². The van der Waals surface area contributed by atoms with Crippen LogP contribution >= 0.6 is 0 Å². The van der Waals surface area contributed by atoms with E-state index in [2.05, 4.69) is 18.0 Å². The van der Waals surface area contributed by atoms with Crippen molar-refractivity contribution in [3.05, 3.63) is 72.4 Å². The van der Waals surface area contributed by atoms with Gasteiger partial charge >= 0.3 is 12.1 Å². The summed E-state index contributed by atoms with van der Waals surface area (Å²) in [4.78, 5) is 15.8. The number of alkyl halides is 3. The molecule has 0 aliphatic carbocycles. The Hall–Kier alpha value is -3.39. The minimum absolute atomic E-state index is 0.00396. The largest absolute Gasteiger partial charge is 0.481 e. The smallest absolute Gasteiger partial charge is 0.414 e. The van der Waals surface area contributed by atoms with E-state index >= 15 is 0 Å². The molecule has 2 aromatic carbocycles. The lowest BCUT2D eigenvalue weighted by Gasteiger charge is -2.22. The Morgan fingerprint density at radius 1 is 0.725 bits per heavy atom. The van der Waals surface area contributed by atoms with Gasteiger partial charge in [-0.3, -0.25) is 4.79 Å². The predicted octanol–water partition coefficient (Wildman–Crippen LogP) is 13.0. The summed E-state index contributed by atoms with van der Waals surface area (Å²) in [5, 5.41) is 9.21. The minimum Gasteiger partial charge on any atom is -0.481 e. The van der Waals surface area contributed by atoms with Crippen LogP contribution in [0.4, 0.5) is 13.2 Å². The number of halogens is 3. The predicted molar refractivity (Wildman–Crippen MR) is 201 cm³/mol. The Morgan fingerprint density at radius 3 is 1.92 bits per heavy atom. The van der Waals surface area contributed by atoms with Crippen LogP contribution in [-0.4, -0.2) is 41.6 Å². The first kappa shape index (κ1) is 42.0. The van der Waals surface area contributed by atoms with Gasteiger partial charge in [-0.05, 0) is 66.8 Å². The molecule has 3 rings (SSSR count). The van der Waals surface area contributed by atoms with Gasteiger partial charge in [0.2, 0.25) is 5.88 Å². The number of aromatic nitrogens is 1. The summed E-state index contributed by atoms with van der Waals surface area (Å²) in [7, 11) is 0. The molecule has 8 heteroatoms. The third-order valence-electron chi connectivity index (χ3n) is 9.63. The van der Waals surface area contributed by atoms with Crippen molar-refractivity contribution in [1.82, 2.24) is 4.98 Å². The number of hydrogen-bond acceptors (Lipinski definition) is 4. The number of carbonyl (C=O) groups is 1. The number of unbranched alkanes of at least 4 members (excludes halogenated alkanes) is 13. The van der Waals surface area contributed by atoms with E-state index in [0.29, 0.717) is 31.7 Å². The second-order valence-electron chi connectivity index (χ2n) is 13.8. The van der Waals surface area contributed by atoms with Crippen LogP contribution in [0.1, 0.15) is 141 Å². The molecule has 1 aromatic heterocycles. The Labute approximate surface area is 304 Å². The summed E-state index contributed by atoms with van der Waals surface area (Å²) in [6.07, 6.45) is 15.1. The standard InChI is InChI=1S/C43H60F3NO4/c1-3-4-5-6-7-8-9-10-11-12-13-14-15-19-30-51-41-28-26-38(33-47-41)40-32-37(25-27-39(40)36-21-17-16-18-22-36)35(23-20-24-42(48)49)29-31-50-34(2)43(44,45)46/h16-18,21-22,25-28,32-35H,3-15,19-20,23-24,29-31H2,1-2H3,(H,48,49). The molecular weight excluding hydrogens is 651 g/mol. The van der Waals surface area contributed by atoms with Gasteiger partial charge in [0, 0.05) is 30.9 Å². The van der Waals surface area contributed by atoms with Crippen molar-refractivity contribution < 1.29 is 32.5 Å². The molecule has 0 aliphatic heterocycles. The zero-order valence-corrected chi connectivity index (χ0v) is 30.9. The third-order valence-corrected chi connectivity index (χ3v) is 9.63. The quantitative estimate of drug-likeness (QED) is 0.0797. The van der Waals surface area contributed by atoms with Gasteiger partial charge in [-0.25, -0.2) is 4.98 Å². The molecule has 5 nitrogen and oxygen atoms in total. The molecule has 1 heterocycles. The molecule has 51 heavy (non-hydrogen) atoms. The Bertz CT molecular complexity index is 1360.